The van der Waals surface area contributed by atoms with Crippen molar-refractivity contribution in [1.29, 1.82) is 0 Å². The Hall–Kier alpha value is -1.89. The first-order valence-electron chi connectivity index (χ1n) is 10.1. The van der Waals surface area contributed by atoms with Gasteiger partial charge in [-0.2, -0.15) is 0 Å². The van der Waals surface area contributed by atoms with E-state index in [2.05, 4.69) is 42.3 Å². The lowest BCUT2D eigenvalue weighted by atomic mass is 9.99. The Morgan fingerprint density at radius 1 is 1.07 bits per heavy atom. The topological polar surface area (TPSA) is 50.3 Å². The molecule has 0 unspecified atom stereocenters. The molecule has 0 amide bonds. The number of rotatable bonds is 5. The smallest absolute Gasteiger partial charge is 0.185 e. The Balaban J connectivity index is 1.42. The van der Waals surface area contributed by atoms with Gasteiger partial charge >= 0.3 is 0 Å². The van der Waals surface area contributed by atoms with Crippen LogP contribution in [0.4, 0.5) is 5.13 Å². The van der Waals surface area contributed by atoms with Crippen LogP contribution in [0.2, 0.25) is 5.02 Å². The van der Waals surface area contributed by atoms with Crippen LogP contribution in [0.15, 0.2) is 52.7 Å². The maximum Gasteiger partial charge on any atom is 0.185 e. The summed E-state index contributed by atoms with van der Waals surface area (Å²) in [5.41, 5.74) is 4.99. The van der Waals surface area contributed by atoms with Gasteiger partial charge in [-0.05, 0) is 67.6 Å². The Kier molecular flexibility index (Phi) is 6.19. The van der Waals surface area contributed by atoms with Crippen molar-refractivity contribution < 1.29 is 8.42 Å². The molecule has 0 bridgehead atoms. The number of hydrogen-bond donors (Lipinski definition) is 0. The van der Waals surface area contributed by atoms with Crippen LogP contribution < -0.4 is 4.90 Å². The molecule has 0 N–H and O–H groups in total. The average molecular weight is 461 g/mol. The molecule has 30 heavy (non-hydrogen) atoms. The Morgan fingerprint density at radius 3 is 2.33 bits per heavy atom. The van der Waals surface area contributed by atoms with Gasteiger partial charge in [0.05, 0.1) is 15.8 Å². The number of aromatic nitrogens is 1. The monoisotopic (exact) mass is 460 g/mol. The van der Waals surface area contributed by atoms with Gasteiger partial charge in [-0.3, -0.25) is 0 Å². The van der Waals surface area contributed by atoms with E-state index in [-0.39, 0.29) is 5.25 Å². The van der Waals surface area contributed by atoms with Gasteiger partial charge in [0.1, 0.15) is 0 Å². The van der Waals surface area contributed by atoms with Gasteiger partial charge in [-0.25, -0.2) is 13.4 Å². The summed E-state index contributed by atoms with van der Waals surface area (Å²) in [6.07, 6.45) is 2.05. The summed E-state index contributed by atoms with van der Waals surface area (Å²) in [4.78, 5) is 7.42. The molecule has 1 aliphatic heterocycles. The molecular weight excluding hydrogens is 436 g/mol. The minimum Gasteiger partial charge on any atom is -0.348 e. The second-order valence-corrected chi connectivity index (χ2v) is 11.4. The van der Waals surface area contributed by atoms with E-state index in [0.29, 0.717) is 35.8 Å². The number of halogens is 1. The van der Waals surface area contributed by atoms with Crippen molar-refractivity contribution in [1.82, 2.24) is 4.98 Å². The molecule has 0 atom stereocenters. The SMILES string of the molecule is Cc1cccc(C)c1Cc1csc(N2CCC(S(=O)(=O)c3ccc(Cl)cc3)CC2)n1. The fourth-order valence-corrected chi connectivity index (χ4v) is 6.74. The summed E-state index contributed by atoms with van der Waals surface area (Å²) in [5.74, 6) is 0. The molecular formula is C23H25ClN2O2S2. The Bertz CT molecular complexity index is 1110. The molecule has 1 aromatic heterocycles. The largest absolute Gasteiger partial charge is 0.348 e. The summed E-state index contributed by atoms with van der Waals surface area (Å²) in [6, 6.07) is 12.8. The van der Waals surface area contributed by atoms with Crippen molar-refractivity contribution in [3.05, 3.63) is 75.3 Å². The molecule has 2 aromatic carbocycles. The van der Waals surface area contributed by atoms with Crippen LogP contribution >= 0.6 is 22.9 Å². The quantitative estimate of drug-likeness (QED) is 0.508. The summed E-state index contributed by atoms with van der Waals surface area (Å²) in [6.45, 7) is 5.69. The van der Waals surface area contributed by atoms with Crippen LogP contribution in [-0.4, -0.2) is 31.7 Å². The molecule has 1 fully saturated rings. The van der Waals surface area contributed by atoms with Crippen molar-refractivity contribution in [2.45, 2.75) is 43.3 Å². The van der Waals surface area contributed by atoms with E-state index in [1.807, 2.05) is 0 Å². The van der Waals surface area contributed by atoms with Gasteiger partial charge in [0.2, 0.25) is 0 Å². The van der Waals surface area contributed by atoms with Crippen LogP contribution in [0.1, 0.15) is 35.2 Å². The third-order valence-electron chi connectivity index (χ3n) is 5.84. The van der Waals surface area contributed by atoms with Crippen molar-refractivity contribution in [2.75, 3.05) is 18.0 Å². The Labute approximate surface area is 187 Å². The predicted molar refractivity (Wildman–Crippen MR) is 125 cm³/mol. The highest BCUT2D eigenvalue weighted by Crippen LogP contribution is 2.30. The molecule has 0 spiro atoms. The molecule has 3 aromatic rings. The zero-order valence-corrected chi connectivity index (χ0v) is 19.5. The van der Waals surface area contributed by atoms with E-state index in [4.69, 9.17) is 16.6 Å². The highest BCUT2D eigenvalue weighted by atomic mass is 35.5. The van der Waals surface area contributed by atoms with Crippen LogP contribution in [0.3, 0.4) is 0 Å². The van der Waals surface area contributed by atoms with E-state index >= 15 is 0 Å². The predicted octanol–water partition coefficient (Wildman–Crippen LogP) is 5.45. The molecule has 0 saturated carbocycles. The number of aryl methyl sites for hydroxylation is 2. The molecule has 4 nitrogen and oxygen atoms in total. The van der Waals surface area contributed by atoms with E-state index in [1.165, 1.54) is 16.7 Å². The number of hydrogen-bond acceptors (Lipinski definition) is 5. The standard InChI is InChI=1S/C23H25ClN2O2S2/c1-16-4-3-5-17(2)22(16)14-19-15-29-23(25-19)26-12-10-21(11-13-26)30(27,28)20-8-6-18(24)7-9-20/h3-9,15,21H,10-14H2,1-2H3. The number of sulfone groups is 1. The van der Waals surface area contributed by atoms with Gasteiger partial charge in [0.15, 0.2) is 15.0 Å². The number of thiazole rings is 1. The van der Waals surface area contributed by atoms with Crippen molar-refractivity contribution >= 4 is 37.9 Å². The maximum atomic E-state index is 12.9. The normalized spacial score (nSPS) is 15.5. The zero-order valence-electron chi connectivity index (χ0n) is 17.1. The molecule has 1 aliphatic rings. The molecule has 158 valence electrons. The molecule has 0 aliphatic carbocycles. The summed E-state index contributed by atoms with van der Waals surface area (Å²) in [7, 11) is -3.33. The molecule has 4 rings (SSSR count). The van der Waals surface area contributed by atoms with Crippen molar-refractivity contribution in [2.24, 2.45) is 0 Å². The number of anilines is 1. The molecule has 2 heterocycles. The zero-order chi connectivity index (χ0) is 21.3. The van der Waals surface area contributed by atoms with Crippen molar-refractivity contribution in [3.8, 4) is 0 Å². The third-order valence-corrected chi connectivity index (χ3v) is 9.32. The summed E-state index contributed by atoms with van der Waals surface area (Å²) >= 11 is 7.54. The second-order valence-electron chi connectivity index (χ2n) is 7.85. The first-order chi connectivity index (χ1) is 14.3. The number of benzene rings is 2. The maximum absolute atomic E-state index is 12.9. The van der Waals surface area contributed by atoms with Crippen LogP contribution in [0, 0.1) is 13.8 Å². The van der Waals surface area contributed by atoms with Gasteiger partial charge in [-0.15, -0.1) is 11.3 Å². The first-order valence-corrected chi connectivity index (χ1v) is 12.9. The lowest BCUT2D eigenvalue weighted by Gasteiger charge is -2.31. The molecule has 0 radical (unpaired) electrons. The average Bonchev–Trinajstić information content (AvgIpc) is 3.20. The van der Waals surface area contributed by atoms with Gasteiger partial charge < -0.3 is 4.90 Å². The number of nitrogens with zero attached hydrogens (tertiary/aromatic N) is 2. The van der Waals surface area contributed by atoms with Crippen molar-refractivity contribution in [3.63, 3.8) is 0 Å². The third kappa shape index (κ3) is 4.41. The van der Waals surface area contributed by atoms with Crippen LogP contribution in [0.5, 0.6) is 0 Å². The number of piperidine rings is 1. The minimum absolute atomic E-state index is 0.357. The lowest BCUT2D eigenvalue weighted by molar-refractivity contribution is 0.529. The Morgan fingerprint density at radius 2 is 1.70 bits per heavy atom. The van der Waals surface area contributed by atoms with E-state index in [0.717, 1.165) is 17.2 Å². The molecule has 7 heteroatoms. The fraction of sp³-hybridized carbons (Fsp3) is 0.348. The lowest BCUT2D eigenvalue weighted by Crippen LogP contribution is -2.39. The highest BCUT2D eigenvalue weighted by Gasteiger charge is 2.32. The fourth-order valence-electron chi connectivity index (χ4n) is 4.01. The van der Waals surface area contributed by atoms with Gasteiger partial charge in [0, 0.05) is 29.9 Å². The van der Waals surface area contributed by atoms with Crippen LogP contribution in [-0.2, 0) is 16.3 Å². The first kappa shape index (κ1) is 21.3. The van der Waals surface area contributed by atoms with Gasteiger partial charge in [0.25, 0.3) is 0 Å². The summed E-state index contributed by atoms with van der Waals surface area (Å²) < 4.78 is 25.9. The minimum atomic E-state index is -3.33. The summed E-state index contributed by atoms with van der Waals surface area (Å²) in [5, 5.41) is 3.30. The van der Waals surface area contributed by atoms with E-state index in [9.17, 15) is 8.42 Å². The van der Waals surface area contributed by atoms with Gasteiger partial charge in [-0.1, -0.05) is 29.8 Å². The second kappa shape index (κ2) is 8.69. The van der Waals surface area contributed by atoms with Crippen LogP contribution in [0.25, 0.3) is 0 Å². The molecule has 1 saturated heterocycles. The van der Waals surface area contributed by atoms with E-state index < -0.39 is 9.84 Å². The van der Waals surface area contributed by atoms with E-state index in [1.54, 1.807) is 35.6 Å². The highest BCUT2D eigenvalue weighted by molar-refractivity contribution is 7.92.